The molecule has 0 spiro atoms. The molecule has 0 atom stereocenters. The third-order valence-corrected chi connectivity index (χ3v) is 3.08. The topological polar surface area (TPSA) is 17.1 Å². The van der Waals surface area contributed by atoms with Crippen LogP contribution < -0.4 is 0 Å². The molecule has 1 nitrogen and oxygen atoms in total. The van der Waals surface area contributed by atoms with Crippen LogP contribution in [-0.2, 0) is 4.79 Å². The molecule has 0 N–H and O–H groups in total. The molecule has 13 heavy (non-hydrogen) atoms. The molecule has 0 aromatic rings. The normalized spacial score (nSPS) is 10.1. The lowest BCUT2D eigenvalue weighted by Gasteiger charge is -2.07. The van der Waals surface area contributed by atoms with E-state index >= 15 is 0 Å². The van der Waals surface area contributed by atoms with Crippen molar-refractivity contribution in [2.24, 2.45) is 0 Å². The van der Waals surface area contributed by atoms with E-state index in [1.165, 1.54) is 0 Å². The summed E-state index contributed by atoms with van der Waals surface area (Å²) in [5.74, 6) is 5.63. The Labute approximate surface area is 82.2 Å². The lowest BCUT2D eigenvalue weighted by molar-refractivity contribution is -0.107. The maximum atomic E-state index is 11.4. The fourth-order valence-electron chi connectivity index (χ4n) is 0.665. The second kappa shape index (κ2) is 5.77. The Morgan fingerprint density at radius 2 is 2.08 bits per heavy atom. The summed E-state index contributed by atoms with van der Waals surface area (Å²) in [6.45, 7) is 9.69. The molecule has 0 aliphatic carbocycles. The molecule has 0 saturated heterocycles. The van der Waals surface area contributed by atoms with Crippen LogP contribution in [0, 0.1) is 11.8 Å². The van der Waals surface area contributed by atoms with Crippen molar-refractivity contribution < 1.29 is 4.79 Å². The van der Waals surface area contributed by atoms with Crippen LogP contribution in [0.3, 0.4) is 0 Å². The molecule has 0 aliphatic rings. The monoisotopic (exact) mass is 194 g/mol. The molecule has 2 heteroatoms. The molecule has 0 aromatic carbocycles. The Hall–Kier alpha value is -0.813. The Bertz CT molecular complexity index is 237. The van der Waals surface area contributed by atoms with Crippen LogP contribution in [0.25, 0.3) is 0 Å². The predicted molar refractivity (Wildman–Crippen MR) is 60.2 cm³/mol. The number of rotatable bonds is 4. The highest BCUT2D eigenvalue weighted by Crippen LogP contribution is 2.01. The van der Waals surface area contributed by atoms with Gasteiger partial charge in [-0.05, 0) is 18.8 Å². The maximum absolute atomic E-state index is 11.4. The van der Waals surface area contributed by atoms with Crippen molar-refractivity contribution >= 4 is 13.5 Å². The van der Waals surface area contributed by atoms with Crippen molar-refractivity contribution in [2.45, 2.75) is 38.9 Å². The average molecular weight is 194 g/mol. The van der Waals surface area contributed by atoms with Crippen LogP contribution in [0.5, 0.6) is 0 Å². The lowest BCUT2D eigenvalue weighted by Crippen LogP contribution is -2.31. The van der Waals surface area contributed by atoms with Crippen LogP contribution >= 0.6 is 0 Å². The number of carbonyl (C=O) groups is 1. The van der Waals surface area contributed by atoms with Gasteiger partial charge in [-0.2, -0.15) is 0 Å². The van der Waals surface area contributed by atoms with Crippen molar-refractivity contribution in [2.75, 3.05) is 0 Å². The molecule has 0 aliphatic heterocycles. The fraction of sp³-hybridized carbons (Fsp3) is 0.545. The summed E-state index contributed by atoms with van der Waals surface area (Å²) in [6, 6.07) is 0. The van der Waals surface area contributed by atoms with Gasteiger partial charge in [0.05, 0.1) is 0 Å². The standard InChI is InChI=1S/C11H18OSi/c1-5-6-7-8-9-10-11(12)13(2,3)4/h5H,1,6-8H2,2-4H3. The molecule has 0 heterocycles. The zero-order valence-corrected chi connectivity index (χ0v) is 9.81. The van der Waals surface area contributed by atoms with Gasteiger partial charge in [0.15, 0.2) is 5.41 Å². The Morgan fingerprint density at radius 1 is 1.46 bits per heavy atom. The second-order valence-electron chi connectivity index (χ2n) is 4.06. The highest BCUT2D eigenvalue weighted by Gasteiger charge is 2.21. The van der Waals surface area contributed by atoms with Gasteiger partial charge < -0.3 is 0 Å². The average Bonchev–Trinajstić information content (AvgIpc) is 2.02. The minimum atomic E-state index is -1.66. The summed E-state index contributed by atoms with van der Waals surface area (Å²) in [5, 5.41) is 0.158. The van der Waals surface area contributed by atoms with Gasteiger partial charge in [-0.15, -0.1) is 6.58 Å². The molecular weight excluding hydrogens is 176 g/mol. The number of carbonyl (C=O) groups excluding carboxylic acids is 1. The van der Waals surface area contributed by atoms with Crippen molar-refractivity contribution in [1.82, 2.24) is 0 Å². The molecule has 72 valence electrons. The first-order chi connectivity index (χ1) is 5.98. The highest BCUT2D eigenvalue weighted by molar-refractivity contribution is 7.05. The minimum absolute atomic E-state index is 0.158. The van der Waals surface area contributed by atoms with Crippen LogP contribution in [-0.4, -0.2) is 13.5 Å². The van der Waals surface area contributed by atoms with E-state index in [2.05, 4.69) is 18.4 Å². The second-order valence-corrected chi connectivity index (χ2v) is 9.02. The number of unbranched alkanes of at least 4 members (excludes halogenated alkanes) is 2. The van der Waals surface area contributed by atoms with E-state index in [0.717, 1.165) is 19.3 Å². The van der Waals surface area contributed by atoms with Crippen LogP contribution in [0.2, 0.25) is 19.6 Å². The summed E-state index contributed by atoms with van der Waals surface area (Å²) in [6.07, 6.45) is 4.68. The Kier molecular flexibility index (Phi) is 5.41. The van der Waals surface area contributed by atoms with E-state index in [9.17, 15) is 4.79 Å². The fourth-order valence-corrected chi connectivity index (χ4v) is 1.13. The quantitative estimate of drug-likeness (QED) is 0.291. The van der Waals surface area contributed by atoms with Gasteiger partial charge in [-0.1, -0.05) is 31.6 Å². The smallest absolute Gasteiger partial charge is 0.180 e. The molecule has 0 rings (SSSR count). The Balaban J connectivity index is 3.84. The highest BCUT2D eigenvalue weighted by atomic mass is 28.3. The third-order valence-electron chi connectivity index (χ3n) is 1.59. The van der Waals surface area contributed by atoms with Gasteiger partial charge in [0.1, 0.15) is 8.07 Å². The minimum Gasteiger partial charge on any atom is -0.291 e. The van der Waals surface area contributed by atoms with Gasteiger partial charge >= 0.3 is 0 Å². The number of allylic oxidation sites excluding steroid dienone is 1. The Morgan fingerprint density at radius 3 is 2.54 bits per heavy atom. The predicted octanol–water partition coefficient (Wildman–Crippen LogP) is 2.79. The summed E-state index contributed by atoms with van der Waals surface area (Å²) in [4.78, 5) is 11.4. The van der Waals surface area contributed by atoms with E-state index in [1.54, 1.807) is 0 Å². The lowest BCUT2D eigenvalue weighted by atomic mass is 10.2. The maximum Gasteiger partial charge on any atom is 0.180 e. The number of hydrogen-bond donors (Lipinski definition) is 0. The van der Waals surface area contributed by atoms with Crippen molar-refractivity contribution in [3.8, 4) is 11.8 Å². The first-order valence-electron chi connectivity index (χ1n) is 4.62. The van der Waals surface area contributed by atoms with Crippen molar-refractivity contribution in [1.29, 1.82) is 0 Å². The summed E-state index contributed by atoms with van der Waals surface area (Å²) in [7, 11) is -1.66. The van der Waals surface area contributed by atoms with E-state index in [-0.39, 0.29) is 5.41 Å². The molecular formula is C11H18OSi. The molecule has 0 saturated carbocycles. The molecule has 0 radical (unpaired) electrons. The van der Waals surface area contributed by atoms with Gasteiger partial charge in [0.25, 0.3) is 0 Å². The summed E-state index contributed by atoms with van der Waals surface area (Å²) < 4.78 is 0. The van der Waals surface area contributed by atoms with Gasteiger partial charge in [0, 0.05) is 6.42 Å². The summed E-state index contributed by atoms with van der Waals surface area (Å²) in [5.41, 5.74) is 0. The molecule has 0 aromatic heterocycles. The zero-order chi connectivity index (χ0) is 10.3. The van der Waals surface area contributed by atoms with Gasteiger partial charge in [-0.25, -0.2) is 0 Å². The molecule has 0 bridgehead atoms. The largest absolute Gasteiger partial charge is 0.291 e. The first kappa shape index (κ1) is 12.2. The van der Waals surface area contributed by atoms with E-state index in [4.69, 9.17) is 0 Å². The van der Waals surface area contributed by atoms with E-state index in [1.807, 2.05) is 25.7 Å². The van der Waals surface area contributed by atoms with E-state index in [0.29, 0.717) is 0 Å². The van der Waals surface area contributed by atoms with Crippen molar-refractivity contribution in [3.63, 3.8) is 0 Å². The summed E-state index contributed by atoms with van der Waals surface area (Å²) >= 11 is 0. The SMILES string of the molecule is C=CCCCC#CC(=O)[Si](C)(C)C. The number of hydrogen-bond acceptors (Lipinski definition) is 1. The van der Waals surface area contributed by atoms with Crippen molar-refractivity contribution in [3.05, 3.63) is 12.7 Å². The van der Waals surface area contributed by atoms with Crippen LogP contribution in [0.15, 0.2) is 12.7 Å². The zero-order valence-electron chi connectivity index (χ0n) is 8.81. The first-order valence-corrected chi connectivity index (χ1v) is 8.12. The molecule has 0 amide bonds. The van der Waals surface area contributed by atoms with Gasteiger partial charge in [-0.3, -0.25) is 4.79 Å². The van der Waals surface area contributed by atoms with E-state index < -0.39 is 8.07 Å². The van der Waals surface area contributed by atoms with Gasteiger partial charge in [0.2, 0.25) is 0 Å². The van der Waals surface area contributed by atoms with Crippen LogP contribution in [0.1, 0.15) is 19.3 Å². The van der Waals surface area contributed by atoms with Crippen LogP contribution in [0.4, 0.5) is 0 Å². The molecule has 0 fully saturated rings. The third kappa shape index (κ3) is 6.36. The molecule has 0 unspecified atom stereocenters.